The highest BCUT2D eigenvalue weighted by Gasteiger charge is 2.36. The van der Waals surface area contributed by atoms with E-state index in [9.17, 15) is 18.0 Å². The third-order valence-electron chi connectivity index (χ3n) is 4.63. The molecular weight excluding hydrogens is 352 g/mol. The van der Waals surface area contributed by atoms with E-state index in [1.807, 2.05) is 37.3 Å². The molecule has 0 radical (unpaired) electrons. The molecule has 6 nitrogen and oxygen atoms in total. The van der Waals surface area contributed by atoms with E-state index in [0.717, 1.165) is 25.7 Å². The van der Waals surface area contributed by atoms with Gasteiger partial charge in [-0.15, -0.1) is 0 Å². The fourth-order valence-electron chi connectivity index (χ4n) is 3.14. The van der Waals surface area contributed by atoms with Crippen molar-refractivity contribution in [3.63, 3.8) is 0 Å². The summed E-state index contributed by atoms with van der Waals surface area (Å²) in [6, 6.07) is 9.57. The molecular formula is C19H28N2O4S. The number of hydrogen-bond donors (Lipinski definition) is 1. The summed E-state index contributed by atoms with van der Waals surface area (Å²) in [7, 11) is -3.10. The van der Waals surface area contributed by atoms with Crippen molar-refractivity contribution >= 4 is 21.7 Å². The first-order valence-electron chi connectivity index (χ1n) is 9.26. The minimum atomic E-state index is -3.10. The van der Waals surface area contributed by atoms with Gasteiger partial charge in [-0.2, -0.15) is 0 Å². The number of nitrogens with one attached hydrogen (secondary N) is 1. The summed E-state index contributed by atoms with van der Waals surface area (Å²) in [6.07, 6.45) is 3.62. The molecule has 0 aromatic heterocycles. The Labute approximate surface area is 155 Å². The molecule has 1 heterocycles. The largest absolute Gasteiger partial charge is 0.348 e. The summed E-state index contributed by atoms with van der Waals surface area (Å²) in [6.45, 7) is 2.84. The maximum Gasteiger partial charge on any atom is 0.312 e. The number of sulfone groups is 1. The maximum absolute atomic E-state index is 12.5. The zero-order valence-corrected chi connectivity index (χ0v) is 16.1. The normalized spacial score (nSPS) is 18.4. The molecule has 0 saturated carbocycles. The van der Waals surface area contributed by atoms with Crippen LogP contribution in [-0.2, 0) is 25.8 Å². The van der Waals surface area contributed by atoms with Gasteiger partial charge in [-0.05, 0) is 31.2 Å². The van der Waals surface area contributed by atoms with Crippen LogP contribution in [0.15, 0.2) is 30.3 Å². The van der Waals surface area contributed by atoms with Crippen molar-refractivity contribution in [1.29, 1.82) is 0 Å². The lowest BCUT2D eigenvalue weighted by atomic mass is 10.1. The minimum absolute atomic E-state index is 0.0380. The van der Waals surface area contributed by atoms with Crippen molar-refractivity contribution in [3.05, 3.63) is 35.9 Å². The van der Waals surface area contributed by atoms with Gasteiger partial charge >= 0.3 is 11.8 Å². The second kappa shape index (κ2) is 9.71. The van der Waals surface area contributed by atoms with Crippen molar-refractivity contribution in [2.45, 2.75) is 45.1 Å². The van der Waals surface area contributed by atoms with Crippen LogP contribution in [0.25, 0.3) is 0 Å². The van der Waals surface area contributed by atoms with Gasteiger partial charge in [-0.3, -0.25) is 9.59 Å². The van der Waals surface area contributed by atoms with Gasteiger partial charge in [-0.1, -0.05) is 43.7 Å². The monoisotopic (exact) mass is 380 g/mol. The van der Waals surface area contributed by atoms with Crippen molar-refractivity contribution in [1.82, 2.24) is 10.2 Å². The van der Waals surface area contributed by atoms with Crippen LogP contribution in [0.1, 0.15) is 38.2 Å². The molecule has 26 heavy (non-hydrogen) atoms. The van der Waals surface area contributed by atoms with Gasteiger partial charge in [0.15, 0.2) is 9.84 Å². The molecule has 0 aliphatic carbocycles. The SMILES string of the molecule is CCCCN(C(=O)C(=O)NCCCc1ccccc1)C1CCS(=O)(=O)C1. The van der Waals surface area contributed by atoms with Crippen molar-refractivity contribution < 1.29 is 18.0 Å². The second-order valence-electron chi connectivity index (χ2n) is 6.75. The lowest BCUT2D eigenvalue weighted by molar-refractivity contribution is -0.147. The van der Waals surface area contributed by atoms with Crippen LogP contribution in [0, 0.1) is 0 Å². The van der Waals surface area contributed by atoms with Crippen LogP contribution in [0.4, 0.5) is 0 Å². The molecule has 2 rings (SSSR count). The molecule has 1 aliphatic rings. The van der Waals surface area contributed by atoms with E-state index >= 15 is 0 Å². The van der Waals surface area contributed by atoms with Crippen molar-refractivity contribution in [2.24, 2.45) is 0 Å². The van der Waals surface area contributed by atoms with Gasteiger partial charge in [0, 0.05) is 19.1 Å². The number of carbonyl (C=O) groups excluding carboxylic acids is 2. The summed E-state index contributed by atoms with van der Waals surface area (Å²) in [4.78, 5) is 26.2. The van der Waals surface area contributed by atoms with Gasteiger partial charge in [-0.25, -0.2) is 8.42 Å². The summed E-state index contributed by atoms with van der Waals surface area (Å²) < 4.78 is 23.4. The number of rotatable bonds is 8. The van der Waals surface area contributed by atoms with Crippen LogP contribution >= 0.6 is 0 Å². The minimum Gasteiger partial charge on any atom is -0.348 e. The molecule has 1 aliphatic heterocycles. The molecule has 1 aromatic carbocycles. The summed E-state index contributed by atoms with van der Waals surface area (Å²) in [5, 5.41) is 2.67. The predicted octanol–water partition coefficient (Wildman–Crippen LogP) is 1.55. The molecule has 1 unspecified atom stereocenters. The third-order valence-corrected chi connectivity index (χ3v) is 6.38. The molecule has 1 fully saturated rings. The molecule has 1 atom stereocenters. The quantitative estimate of drug-likeness (QED) is 0.548. The van der Waals surface area contributed by atoms with Crippen LogP contribution in [0.2, 0.25) is 0 Å². The summed E-state index contributed by atoms with van der Waals surface area (Å²) in [5.74, 6) is -1.20. The van der Waals surface area contributed by atoms with Gasteiger partial charge in [0.05, 0.1) is 11.5 Å². The molecule has 144 valence electrons. The Bertz CT molecular complexity index is 704. The van der Waals surface area contributed by atoms with Gasteiger partial charge in [0.25, 0.3) is 0 Å². The van der Waals surface area contributed by atoms with E-state index in [4.69, 9.17) is 0 Å². The summed E-state index contributed by atoms with van der Waals surface area (Å²) in [5.41, 5.74) is 1.19. The molecule has 0 spiro atoms. The number of hydrogen-bond acceptors (Lipinski definition) is 4. The Morgan fingerprint density at radius 3 is 2.54 bits per heavy atom. The Hall–Kier alpha value is -1.89. The standard InChI is InChI=1S/C19H28N2O4S/c1-2-3-13-21(17-11-14-26(24,25)15-17)19(23)18(22)20-12-7-10-16-8-5-4-6-9-16/h4-6,8-9,17H,2-3,7,10-15H2,1H3,(H,20,22). The van der Waals surface area contributed by atoms with E-state index in [0.29, 0.717) is 19.5 Å². The maximum atomic E-state index is 12.5. The van der Waals surface area contributed by atoms with E-state index in [1.54, 1.807) is 0 Å². The zero-order valence-electron chi connectivity index (χ0n) is 15.3. The van der Waals surface area contributed by atoms with E-state index in [-0.39, 0.29) is 17.5 Å². The smallest absolute Gasteiger partial charge is 0.312 e. The van der Waals surface area contributed by atoms with Gasteiger partial charge in [0.1, 0.15) is 0 Å². The fourth-order valence-corrected chi connectivity index (χ4v) is 4.88. The number of aryl methyl sites for hydroxylation is 1. The molecule has 1 N–H and O–H groups in total. The first kappa shape index (κ1) is 20.4. The molecule has 1 aromatic rings. The van der Waals surface area contributed by atoms with Gasteiger partial charge < -0.3 is 10.2 Å². The first-order valence-corrected chi connectivity index (χ1v) is 11.1. The number of amides is 2. The topological polar surface area (TPSA) is 83.6 Å². The summed E-state index contributed by atoms with van der Waals surface area (Å²) >= 11 is 0. The number of carbonyl (C=O) groups is 2. The van der Waals surface area contributed by atoms with Gasteiger partial charge in [0.2, 0.25) is 0 Å². The van der Waals surface area contributed by atoms with Crippen LogP contribution in [0.3, 0.4) is 0 Å². The molecule has 2 amide bonds. The molecule has 7 heteroatoms. The lowest BCUT2D eigenvalue weighted by Crippen LogP contribution is -2.49. The average molecular weight is 381 g/mol. The highest BCUT2D eigenvalue weighted by molar-refractivity contribution is 7.91. The predicted molar refractivity (Wildman–Crippen MR) is 101 cm³/mol. The Morgan fingerprint density at radius 1 is 1.19 bits per heavy atom. The van der Waals surface area contributed by atoms with Crippen LogP contribution < -0.4 is 5.32 Å². The van der Waals surface area contributed by atoms with E-state index in [1.165, 1.54) is 10.5 Å². The third kappa shape index (κ3) is 6.12. The highest BCUT2D eigenvalue weighted by Crippen LogP contribution is 2.18. The Balaban J connectivity index is 1.85. The van der Waals surface area contributed by atoms with E-state index < -0.39 is 21.7 Å². The molecule has 0 bridgehead atoms. The van der Waals surface area contributed by atoms with Crippen molar-refractivity contribution in [3.8, 4) is 0 Å². The van der Waals surface area contributed by atoms with Crippen molar-refractivity contribution in [2.75, 3.05) is 24.6 Å². The van der Waals surface area contributed by atoms with E-state index in [2.05, 4.69) is 5.32 Å². The Morgan fingerprint density at radius 2 is 1.92 bits per heavy atom. The Kier molecular flexibility index (Phi) is 7.63. The first-order chi connectivity index (χ1) is 12.4. The second-order valence-corrected chi connectivity index (χ2v) is 8.98. The zero-order chi connectivity index (χ0) is 19.0. The molecule has 1 saturated heterocycles. The highest BCUT2D eigenvalue weighted by atomic mass is 32.2. The number of nitrogens with zero attached hydrogens (tertiary/aromatic N) is 1. The van der Waals surface area contributed by atoms with Crippen LogP contribution in [-0.4, -0.2) is 55.8 Å². The lowest BCUT2D eigenvalue weighted by Gasteiger charge is -2.27. The number of benzene rings is 1. The van der Waals surface area contributed by atoms with Crippen LogP contribution in [0.5, 0.6) is 0 Å². The number of unbranched alkanes of at least 4 members (excludes halogenated alkanes) is 1. The fraction of sp³-hybridized carbons (Fsp3) is 0.579. The average Bonchev–Trinajstić information content (AvgIpc) is 2.99.